The maximum atomic E-state index is 12.8. The molecule has 1 heterocycles. The number of carbonyl (C=O) groups is 3. The lowest BCUT2D eigenvalue weighted by molar-refractivity contribution is -0.143. The van der Waals surface area contributed by atoms with Crippen LogP contribution in [0.25, 0.3) is 0 Å². The molecule has 0 N–H and O–H groups in total. The van der Waals surface area contributed by atoms with Crippen molar-refractivity contribution in [2.45, 2.75) is 44.9 Å². The Balaban J connectivity index is 1.68. The van der Waals surface area contributed by atoms with Crippen molar-refractivity contribution in [2.75, 3.05) is 6.61 Å². The largest absolute Gasteiger partial charge is 0.466 e. The molecule has 0 aromatic heterocycles. The maximum absolute atomic E-state index is 12.8. The first-order valence-corrected chi connectivity index (χ1v) is 10.2. The third-order valence-electron chi connectivity index (χ3n) is 6.00. The number of benzene rings is 2. The van der Waals surface area contributed by atoms with Gasteiger partial charge in [0.25, 0.3) is 11.8 Å². The van der Waals surface area contributed by atoms with Crippen LogP contribution in [0, 0.1) is 6.92 Å². The zero-order valence-electron chi connectivity index (χ0n) is 17.2. The Morgan fingerprint density at radius 2 is 1.70 bits per heavy atom. The van der Waals surface area contributed by atoms with Gasteiger partial charge in [0, 0.05) is 17.5 Å². The van der Waals surface area contributed by atoms with Crippen molar-refractivity contribution in [1.82, 2.24) is 5.01 Å². The lowest BCUT2D eigenvalue weighted by Gasteiger charge is -2.44. The van der Waals surface area contributed by atoms with Crippen molar-refractivity contribution in [3.05, 3.63) is 70.8 Å². The van der Waals surface area contributed by atoms with E-state index in [2.05, 4.69) is 5.10 Å². The zero-order chi connectivity index (χ0) is 21.3. The molecule has 154 valence electrons. The standard InChI is InChI=1S/C24H24N2O4/c1-3-30-21(27)13-15-24(17-10-8-16(2)9-11-17)14-12-20(24)25-26-22(28)18-6-4-5-7-19(18)23(26)29/h4-11H,3,12-15H2,1-2H3/b25-20-. The van der Waals surface area contributed by atoms with Crippen LogP contribution in [0.15, 0.2) is 53.6 Å². The molecule has 1 aliphatic carbocycles. The number of imide groups is 1. The third kappa shape index (κ3) is 3.32. The summed E-state index contributed by atoms with van der Waals surface area (Å²) in [4.78, 5) is 37.5. The van der Waals surface area contributed by atoms with Crippen molar-refractivity contribution >= 4 is 23.5 Å². The number of amides is 2. The van der Waals surface area contributed by atoms with Gasteiger partial charge in [-0.1, -0.05) is 42.0 Å². The average Bonchev–Trinajstić information content (AvgIpc) is 2.97. The minimum Gasteiger partial charge on any atom is -0.466 e. The van der Waals surface area contributed by atoms with E-state index in [-0.39, 0.29) is 12.4 Å². The van der Waals surface area contributed by atoms with Crippen LogP contribution in [0.2, 0.25) is 0 Å². The number of hydrazone groups is 1. The van der Waals surface area contributed by atoms with Gasteiger partial charge in [-0.25, -0.2) is 0 Å². The molecule has 1 aliphatic heterocycles. The Morgan fingerprint density at radius 1 is 1.07 bits per heavy atom. The van der Waals surface area contributed by atoms with E-state index in [4.69, 9.17) is 4.74 Å². The highest BCUT2D eigenvalue weighted by Gasteiger charge is 2.47. The summed E-state index contributed by atoms with van der Waals surface area (Å²) in [6.45, 7) is 4.14. The number of nitrogens with zero attached hydrogens (tertiary/aromatic N) is 2. The fraction of sp³-hybridized carbons (Fsp3) is 0.333. The number of hydrogen-bond donors (Lipinski definition) is 0. The number of rotatable bonds is 6. The van der Waals surface area contributed by atoms with Crippen molar-refractivity contribution in [3.63, 3.8) is 0 Å². The number of esters is 1. The molecular formula is C24H24N2O4. The summed E-state index contributed by atoms with van der Waals surface area (Å²) in [6, 6.07) is 14.9. The number of aryl methyl sites for hydroxylation is 1. The minimum absolute atomic E-state index is 0.253. The number of ether oxygens (including phenoxy) is 1. The first kappa shape index (κ1) is 20.0. The van der Waals surface area contributed by atoms with E-state index < -0.39 is 17.2 Å². The van der Waals surface area contributed by atoms with Crippen LogP contribution >= 0.6 is 0 Å². The number of fused-ring (bicyclic) bond motifs is 1. The molecule has 6 heteroatoms. The molecule has 1 atom stereocenters. The predicted molar refractivity (Wildman–Crippen MR) is 112 cm³/mol. The molecular weight excluding hydrogens is 380 g/mol. The van der Waals surface area contributed by atoms with Crippen molar-refractivity contribution < 1.29 is 19.1 Å². The highest BCUT2D eigenvalue weighted by Crippen LogP contribution is 2.46. The monoisotopic (exact) mass is 404 g/mol. The van der Waals surface area contributed by atoms with E-state index in [9.17, 15) is 14.4 Å². The molecule has 2 aromatic carbocycles. The van der Waals surface area contributed by atoms with Crippen LogP contribution in [0.3, 0.4) is 0 Å². The molecule has 0 saturated heterocycles. The van der Waals surface area contributed by atoms with Gasteiger partial charge >= 0.3 is 5.97 Å². The Labute approximate surface area is 175 Å². The summed E-state index contributed by atoms with van der Waals surface area (Å²) in [6.07, 6.45) is 2.25. The molecule has 1 unspecified atom stereocenters. The Morgan fingerprint density at radius 3 is 2.23 bits per heavy atom. The summed E-state index contributed by atoms with van der Waals surface area (Å²) in [5.74, 6) is -1.06. The molecule has 6 nitrogen and oxygen atoms in total. The minimum atomic E-state index is -0.476. The topological polar surface area (TPSA) is 76.0 Å². The second-order valence-corrected chi connectivity index (χ2v) is 7.77. The van der Waals surface area contributed by atoms with Crippen LogP contribution < -0.4 is 0 Å². The van der Waals surface area contributed by atoms with Gasteiger partial charge in [0.05, 0.1) is 17.7 Å². The Kier molecular flexibility index (Phi) is 5.24. The van der Waals surface area contributed by atoms with Gasteiger partial charge in [-0.2, -0.15) is 10.1 Å². The quantitative estimate of drug-likeness (QED) is 0.538. The van der Waals surface area contributed by atoms with E-state index in [1.54, 1.807) is 31.2 Å². The van der Waals surface area contributed by atoms with E-state index in [0.29, 0.717) is 30.6 Å². The van der Waals surface area contributed by atoms with E-state index in [0.717, 1.165) is 28.3 Å². The highest BCUT2D eigenvalue weighted by atomic mass is 16.5. The third-order valence-corrected chi connectivity index (χ3v) is 6.00. The van der Waals surface area contributed by atoms with Gasteiger partial charge in [0.15, 0.2) is 0 Å². The number of hydrogen-bond acceptors (Lipinski definition) is 5. The van der Waals surface area contributed by atoms with Crippen LogP contribution in [-0.4, -0.2) is 35.1 Å². The average molecular weight is 404 g/mol. The van der Waals surface area contributed by atoms with Gasteiger partial charge in [-0.15, -0.1) is 0 Å². The molecule has 1 saturated carbocycles. The second-order valence-electron chi connectivity index (χ2n) is 7.77. The van der Waals surface area contributed by atoms with Crippen LogP contribution in [-0.2, 0) is 14.9 Å². The molecule has 0 spiro atoms. The Bertz CT molecular complexity index is 1010. The normalized spacial score (nSPS) is 21.5. The van der Waals surface area contributed by atoms with E-state index >= 15 is 0 Å². The molecule has 2 amide bonds. The zero-order valence-corrected chi connectivity index (χ0v) is 17.2. The number of carbonyl (C=O) groups excluding carboxylic acids is 3. The molecule has 4 rings (SSSR count). The van der Waals surface area contributed by atoms with Crippen molar-refractivity contribution in [3.8, 4) is 0 Å². The van der Waals surface area contributed by atoms with Gasteiger partial charge in [-0.05, 0) is 50.8 Å². The van der Waals surface area contributed by atoms with Crippen LogP contribution in [0.5, 0.6) is 0 Å². The fourth-order valence-electron chi connectivity index (χ4n) is 4.22. The Hall–Kier alpha value is -3.28. The first-order valence-electron chi connectivity index (χ1n) is 10.2. The maximum Gasteiger partial charge on any atom is 0.305 e. The van der Waals surface area contributed by atoms with Gasteiger partial charge < -0.3 is 4.74 Å². The molecule has 30 heavy (non-hydrogen) atoms. The molecule has 2 aromatic rings. The molecule has 2 aliphatic rings. The lowest BCUT2D eigenvalue weighted by Crippen LogP contribution is -2.47. The molecule has 0 radical (unpaired) electrons. The van der Waals surface area contributed by atoms with Gasteiger partial charge in [0.2, 0.25) is 0 Å². The predicted octanol–water partition coefficient (Wildman–Crippen LogP) is 4.02. The fourth-order valence-corrected chi connectivity index (χ4v) is 4.22. The van der Waals surface area contributed by atoms with Crippen LogP contribution in [0.4, 0.5) is 0 Å². The second kappa shape index (κ2) is 7.86. The smallest absolute Gasteiger partial charge is 0.305 e. The first-order chi connectivity index (χ1) is 14.5. The summed E-state index contributed by atoms with van der Waals surface area (Å²) in [5, 5.41) is 5.51. The lowest BCUT2D eigenvalue weighted by atomic mass is 9.60. The van der Waals surface area contributed by atoms with Gasteiger partial charge in [-0.3, -0.25) is 14.4 Å². The summed E-state index contributed by atoms with van der Waals surface area (Å²) < 4.78 is 5.11. The highest BCUT2D eigenvalue weighted by molar-refractivity contribution is 6.21. The van der Waals surface area contributed by atoms with E-state index in [1.165, 1.54) is 0 Å². The summed E-state index contributed by atoms with van der Waals surface area (Å²) in [5.41, 5.74) is 3.20. The summed E-state index contributed by atoms with van der Waals surface area (Å²) >= 11 is 0. The molecule has 1 fully saturated rings. The van der Waals surface area contributed by atoms with Crippen molar-refractivity contribution in [2.24, 2.45) is 5.10 Å². The van der Waals surface area contributed by atoms with E-state index in [1.807, 2.05) is 31.2 Å². The summed E-state index contributed by atoms with van der Waals surface area (Å²) in [7, 11) is 0. The van der Waals surface area contributed by atoms with Crippen LogP contribution in [0.1, 0.15) is 64.4 Å². The van der Waals surface area contributed by atoms with Crippen molar-refractivity contribution in [1.29, 1.82) is 0 Å². The van der Waals surface area contributed by atoms with Gasteiger partial charge in [0.1, 0.15) is 0 Å². The SMILES string of the molecule is CCOC(=O)CCC1(c2ccc(C)cc2)CC/C1=N/N1C(=O)c2ccccc2C1=O. The molecule has 0 bridgehead atoms.